The summed E-state index contributed by atoms with van der Waals surface area (Å²) in [6.45, 7) is 5.28. The van der Waals surface area contributed by atoms with Crippen LogP contribution in [0.1, 0.15) is 38.7 Å². The molecule has 0 spiro atoms. The Hall–Kier alpha value is -0.870. The molecule has 4 heteroatoms. The van der Waals surface area contributed by atoms with E-state index in [9.17, 15) is 13.5 Å². The molecule has 1 N–H and O–H groups in total. The first-order valence-electron chi connectivity index (χ1n) is 5.93. The van der Waals surface area contributed by atoms with Crippen LogP contribution in [0.5, 0.6) is 0 Å². The van der Waals surface area contributed by atoms with Gasteiger partial charge in [0.15, 0.2) is 9.84 Å². The van der Waals surface area contributed by atoms with Gasteiger partial charge in [0.25, 0.3) is 0 Å². The minimum Gasteiger partial charge on any atom is -0.393 e. The monoisotopic (exact) mass is 256 g/mol. The van der Waals surface area contributed by atoms with Crippen LogP contribution in [0.2, 0.25) is 0 Å². The van der Waals surface area contributed by atoms with Gasteiger partial charge in [-0.1, -0.05) is 32.0 Å². The zero-order chi connectivity index (χ0) is 13.1. The van der Waals surface area contributed by atoms with E-state index in [1.807, 2.05) is 13.0 Å². The summed E-state index contributed by atoms with van der Waals surface area (Å²) < 4.78 is 24.0. The summed E-state index contributed by atoms with van der Waals surface area (Å²) in [5.41, 5.74) is 0.729. The van der Waals surface area contributed by atoms with Crippen LogP contribution in [0, 0.1) is 0 Å². The van der Waals surface area contributed by atoms with E-state index in [4.69, 9.17) is 0 Å². The van der Waals surface area contributed by atoms with Crippen molar-refractivity contribution >= 4 is 9.84 Å². The van der Waals surface area contributed by atoms with Gasteiger partial charge in [-0.3, -0.25) is 0 Å². The molecule has 1 aromatic carbocycles. The number of benzene rings is 1. The third-order valence-electron chi connectivity index (χ3n) is 3.06. The Bertz CT molecular complexity index is 463. The van der Waals surface area contributed by atoms with Crippen molar-refractivity contribution in [1.82, 2.24) is 0 Å². The molecule has 3 nitrogen and oxygen atoms in total. The smallest absolute Gasteiger partial charge is 0.178 e. The van der Waals surface area contributed by atoms with Crippen LogP contribution in [0.15, 0.2) is 29.2 Å². The highest BCUT2D eigenvalue weighted by atomic mass is 32.2. The predicted molar refractivity (Wildman–Crippen MR) is 68.9 cm³/mol. The third kappa shape index (κ3) is 3.07. The molecule has 2 atom stereocenters. The van der Waals surface area contributed by atoms with Gasteiger partial charge in [-0.05, 0) is 25.0 Å². The van der Waals surface area contributed by atoms with E-state index in [1.165, 1.54) is 0 Å². The molecule has 0 saturated heterocycles. The number of hydrogen-bond donors (Lipinski definition) is 1. The van der Waals surface area contributed by atoms with Crippen LogP contribution in [0.25, 0.3) is 0 Å². The van der Waals surface area contributed by atoms with E-state index in [2.05, 4.69) is 0 Å². The Kier molecular flexibility index (Phi) is 4.71. The molecular formula is C13H20O3S. The van der Waals surface area contributed by atoms with Gasteiger partial charge >= 0.3 is 0 Å². The van der Waals surface area contributed by atoms with Crippen molar-refractivity contribution < 1.29 is 13.5 Å². The van der Waals surface area contributed by atoms with Crippen molar-refractivity contribution in [3.63, 3.8) is 0 Å². The quantitative estimate of drug-likeness (QED) is 0.880. The van der Waals surface area contributed by atoms with E-state index in [0.717, 1.165) is 5.56 Å². The fourth-order valence-electron chi connectivity index (χ4n) is 2.05. The molecule has 0 amide bonds. The lowest BCUT2D eigenvalue weighted by molar-refractivity contribution is 0.158. The number of hydrogen-bond acceptors (Lipinski definition) is 3. The molecule has 0 aliphatic rings. The summed E-state index contributed by atoms with van der Waals surface area (Å²) >= 11 is 0. The number of aliphatic hydroxyl groups excluding tert-OH is 1. The normalized spacial score (nSPS) is 15.5. The molecule has 96 valence electrons. The lowest BCUT2D eigenvalue weighted by Gasteiger charge is -2.21. The molecule has 0 aliphatic carbocycles. The third-order valence-corrected chi connectivity index (χ3v) is 4.86. The van der Waals surface area contributed by atoms with Gasteiger partial charge in [0.1, 0.15) is 0 Å². The second-order valence-electron chi connectivity index (χ2n) is 4.20. The molecule has 1 rings (SSSR count). The maximum Gasteiger partial charge on any atom is 0.178 e. The van der Waals surface area contributed by atoms with Gasteiger partial charge in [0.2, 0.25) is 0 Å². The van der Waals surface area contributed by atoms with Crippen LogP contribution in [0.4, 0.5) is 0 Å². The van der Waals surface area contributed by atoms with Crippen molar-refractivity contribution in [3.8, 4) is 0 Å². The lowest BCUT2D eigenvalue weighted by atomic mass is 9.92. The second kappa shape index (κ2) is 5.65. The Morgan fingerprint density at radius 1 is 1.24 bits per heavy atom. The van der Waals surface area contributed by atoms with Crippen LogP contribution < -0.4 is 0 Å². The lowest BCUT2D eigenvalue weighted by Crippen LogP contribution is -2.17. The highest BCUT2D eigenvalue weighted by molar-refractivity contribution is 7.91. The Morgan fingerprint density at radius 3 is 2.29 bits per heavy atom. The first-order chi connectivity index (χ1) is 7.94. The van der Waals surface area contributed by atoms with Gasteiger partial charge in [0, 0.05) is 5.92 Å². The zero-order valence-corrected chi connectivity index (χ0v) is 11.4. The SMILES string of the molecule is CCC(c1ccccc1S(=O)(=O)CC)C(C)O. The van der Waals surface area contributed by atoms with Crippen molar-refractivity contribution in [2.45, 2.75) is 44.1 Å². The molecule has 0 heterocycles. The highest BCUT2D eigenvalue weighted by Gasteiger charge is 2.23. The van der Waals surface area contributed by atoms with Crippen molar-refractivity contribution in [3.05, 3.63) is 29.8 Å². The van der Waals surface area contributed by atoms with E-state index >= 15 is 0 Å². The molecule has 0 saturated carbocycles. The summed E-state index contributed by atoms with van der Waals surface area (Å²) in [5.74, 6) is -0.0483. The molecule has 0 bridgehead atoms. The summed E-state index contributed by atoms with van der Waals surface area (Å²) in [6, 6.07) is 6.96. The second-order valence-corrected chi connectivity index (χ2v) is 6.44. The average Bonchev–Trinajstić information content (AvgIpc) is 2.30. The van der Waals surface area contributed by atoms with Crippen molar-refractivity contribution in [1.29, 1.82) is 0 Å². The fraction of sp³-hybridized carbons (Fsp3) is 0.538. The molecule has 0 aliphatic heterocycles. The molecule has 0 aromatic heterocycles. The minimum absolute atomic E-state index is 0.0836. The van der Waals surface area contributed by atoms with Gasteiger partial charge in [0.05, 0.1) is 16.8 Å². The van der Waals surface area contributed by atoms with E-state index in [1.54, 1.807) is 32.0 Å². The van der Waals surface area contributed by atoms with Crippen LogP contribution in [0.3, 0.4) is 0 Å². The molecular weight excluding hydrogens is 236 g/mol. The highest BCUT2D eigenvalue weighted by Crippen LogP contribution is 2.29. The first kappa shape index (κ1) is 14.2. The molecule has 0 fully saturated rings. The number of aliphatic hydroxyl groups is 1. The average molecular weight is 256 g/mol. The summed E-state index contributed by atoms with van der Waals surface area (Å²) in [4.78, 5) is 0.357. The van der Waals surface area contributed by atoms with Gasteiger partial charge < -0.3 is 5.11 Å². The van der Waals surface area contributed by atoms with Gasteiger partial charge in [-0.25, -0.2) is 8.42 Å². The standard InChI is InChI=1S/C13H20O3S/c1-4-11(10(3)14)12-8-6-7-9-13(12)17(15,16)5-2/h6-11,14H,4-5H2,1-3H3. The van der Waals surface area contributed by atoms with Crippen molar-refractivity contribution in [2.24, 2.45) is 0 Å². The zero-order valence-electron chi connectivity index (χ0n) is 10.6. The van der Waals surface area contributed by atoms with Gasteiger partial charge in [-0.2, -0.15) is 0 Å². The van der Waals surface area contributed by atoms with Crippen LogP contribution >= 0.6 is 0 Å². The predicted octanol–water partition coefficient (Wildman–Crippen LogP) is 2.35. The number of rotatable bonds is 5. The summed E-state index contributed by atoms with van der Waals surface area (Å²) in [6.07, 6.45) is 0.168. The molecule has 1 aromatic rings. The fourth-order valence-corrected chi connectivity index (χ4v) is 3.22. The van der Waals surface area contributed by atoms with Gasteiger partial charge in [-0.15, -0.1) is 0 Å². The minimum atomic E-state index is -3.23. The van der Waals surface area contributed by atoms with Crippen molar-refractivity contribution in [2.75, 3.05) is 5.75 Å². The van der Waals surface area contributed by atoms with E-state index in [-0.39, 0.29) is 11.7 Å². The van der Waals surface area contributed by atoms with E-state index in [0.29, 0.717) is 11.3 Å². The maximum atomic E-state index is 12.0. The Labute approximate surface area is 103 Å². The Morgan fingerprint density at radius 2 is 1.82 bits per heavy atom. The molecule has 2 unspecified atom stereocenters. The largest absolute Gasteiger partial charge is 0.393 e. The summed E-state index contributed by atoms with van der Waals surface area (Å²) in [5, 5.41) is 9.73. The van der Waals surface area contributed by atoms with E-state index < -0.39 is 15.9 Å². The topological polar surface area (TPSA) is 54.4 Å². The summed E-state index contributed by atoms with van der Waals surface area (Å²) in [7, 11) is -3.23. The molecule has 0 radical (unpaired) electrons. The number of sulfone groups is 1. The Balaban J connectivity index is 3.35. The van der Waals surface area contributed by atoms with Crippen LogP contribution in [-0.2, 0) is 9.84 Å². The first-order valence-corrected chi connectivity index (χ1v) is 7.59. The molecule has 17 heavy (non-hydrogen) atoms. The van der Waals surface area contributed by atoms with Crippen LogP contribution in [-0.4, -0.2) is 25.4 Å². The maximum absolute atomic E-state index is 12.0.